The summed E-state index contributed by atoms with van der Waals surface area (Å²) in [4.78, 5) is 117. The van der Waals surface area contributed by atoms with Crippen molar-refractivity contribution in [2.24, 2.45) is 29.2 Å². The lowest BCUT2D eigenvalue weighted by Gasteiger charge is -2.30. The molecule has 0 fully saturated rings. The lowest BCUT2D eigenvalue weighted by Crippen LogP contribution is -2.61. The molecular weight excluding hydrogens is 785 g/mol. The van der Waals surface area contributed by atoms with Gasteiger partial charge in [-0.25, -0.2) is 0 Å². The summed E-state index contributed by atoms with van der Waals surface area (Å²) in [5.41, 5.74) is 11.6. The van der Waals surface area contributed by atoms with E-state index in [4.69, 9.17) is 11.5 Å². The second kappa shape index (κ2) is 29.0. The van der Waals surface area contributed by atoms with E-state index in [-0.39, 0.29) is 50.4 Å². The highest BCUT2D eigenvalue weighted by Crippen LogP contribution is 2.14. The Labute approximate surface area is 361 Å². The Kier molecular flexibility index (Phi) is 25.5. The zero-order valence-electron chi connectivity index (χ0n) is 37.2. The minimum absolute atomic E-state index is 0.209. The number of carbonyl (C=O) groups excluding carboxylic acids is 9. The topological polar surface area (TPSA) is 278 Å². The first-order valence-corrected chi connectivity index (χ1v) is 21.8. The van der Waals surface area contributed by atoms with Crippen molar-refractivity contribution in [2.75, 3.05) is 0 Å². The molecule has 0 unspecified atom stereocenters. The molecule has 0 aromatic heterocycles. The second-order valence-corrected chi connectivity index (χ2v) is 16.3. The standard InChI is InChI=1S/C44H72N8O9/c1-8-11-12-13-17-20-36(56)50-38(28(6)9-2)43(60)48-33(22-24-35(46)55)41(58)52-39(29(7)10-3)44(61)49-32(21-23-34(45)54)40(57)51-37(27(4)5)42(59)47-31(26-53)25-30-18-15-14-16-19-30/h14-16,18-19,26-29,31-33,37-39H,8-13,17,20-25H2,1-7H3,(H2,45,54)(H2,46,55)(H,47,59)(H,48,60)(H,49,61)(H,50,56)(H,51,57)(H,52,58)/t28-,29-,31-,32-,33-,37-,38-,39-/m0/s1. The van der Waals surface area contributed by atoms with Crippen LogP contribution >= 0.6 is 0 Å². The average molecular weight is 857 g/mol. The van der Waals surface area contributed by atoms with Gasteiger partial charge in [0.15, 0.2) is 0 Å². The molecule has 8 amide bonds. The van der Waals surface area contributed by atoms with Crippen LogP contribution in [0.4, 0.5) is 0 Å². The van der Waals surface area contributed by atoms with Crippen LogP contribution in [0, 0.1) is 17.8 Å². The van der Waals surface area contributed by atoms with E-state index in [2.05, 4.69) is 38.8 Å². The number of primary amides is 2. The molecule has 1 aromatic carbocycles. The first-order valence-electron chi connectivity index (χ1n) is 21.8. The number of benzene rings is 1. The quantitative estimate of drug-likeness (QED) is 0.0400. The summed E-state index contributed by atoms with van der Waals surface area (Å²) in [7, 11) is 0. The fourth-order valence-electron chi connectivity index (χ4n) is 6.49. The number of nitrogens with two attached hydrogens (primary N) is 2. The van der Waals surface area contributed by atoms with Gasteiger partial charge in [0, 0.05) is 19.3 Å². The van der Waals surface area contributed by atoms with Crippen molar-refractivity contribution >= 4 is 53.5 Å². The maximum atomic E-state index is 14.0. The highest BCUT2D eigenvalue weighted by molar-refractivity contribution is 5.97. The number of rotatable bonds is 31. The molecule has 17 heteroatoms. The highest BCUT2D eigenvalue weighted by Gasteiger charge is 2.36. The smallest absolute Gasteiger partial charge is 0.243 e. The number of hydrogen-bond donors (Lipinski definition) is 8. The number of unbranched alkanes of at least 4 members (excludes halogenated alkanes) is 4. The van der Waals surface area contributed by atoms with Gasteiger partial charge in [0.05, 0.1) is 6.04 Å². The Bertz CT molecular complexity index is 1590. The van der Waals surface area contributed by atoms with Crippen LogP contribution < -0.4 is 43.4 Å². The van der Waals surface area contributed by atoms with Gasteiger partial charge in [0.1, 0.15) is 36.5 Å². The fourth-order valence-corrected chi connectivity index (χ4v) is 6.49. The van der Waals surface area contributed by atoms with Crippen LogP contribution in [0.2, 0.25) is 0 Å². The number of amides is 8. The summed E-state index contributed by atoms with van der Waals surface area (Å²) in [5, 5.41) is 16.1. The molecular formula is C44H72N8O9. The van der Waals surface area contributed by atoms with Gasteiger partial charge in [-0.05, 0) is 49.0 Å². The van der Waals surface area contributed by atoms with Gasteiger partial charge in [-0.1, -0.05) is 117 Å². The van der Waals surface area contributed by atoms with Crippen LogP contribution in [-0.2, 0) is 49.6 Å². The molecule has 0 spiro atoms. The van der Waals surface area contributed by atoms with Crippen LogP contribution in [0.1, 0.15) is 131 Å². The lowest BCUT2D eigenvalue weighted by atomic mass is 9.95. The molecule has 342 valence electrons. The van der Waals surface area contributed by atoms with E-state index in [1.165, 1.54) is 0 Å². The number of nitrogens with one attached hydrogen (secondary N) is 6. The second-order valence-electron chi connectivity index (χ2n) is 16.3. The SMILES string of the molecule is CCCCCCCC(=O)N[C@H](C(=O)N[C@@H](CCC(N)=O)C(=O)N[C@H](C(=O)N[C@@H](CCC(N)=O)C(=O)N[C@H](C(=O)N[C@H](C=O)Cc1ccccc1)C(C)C)[C@@H](C)CC)[C@@H](C)CC. The van der Waals surface area contributed by atoms with Crippen molar-refractivity contribution in [3.05, 3.63) is 35.9 Å². The van der Waals surface area contributed by atoms with Gasteiger partial charge >= 0.3 is 0 Å². The maximum absolute atomic E-state index is 14.0. The molecule has 1 aromatic rings. The molecule has 0 aliphatic carbocycles. The number of hydrogen-bond acceptors (Lipinski definition) is 9. The van der Waals surface area contributed by atoms with E-state index >= 15 is 0 Å². The van der Waals surface area contributed by atoms with Crippen LogP contribution in [-0.4, -0.2) is 89.8 Å². The molecule has 0 saturated carbocycles. The van der Waals surface area contributed by atoms with Gasteiger partial charge in [-0.2, -0.15) is 0 Å². The summed E-state index contributed by atoms with van der Waals surface area (Å²) >= 11 is 0. The largest absolute Gasteiger partial charge is 0.370 e. The number of carbonyl (C=O) groups is 9. The molecule has 0 saturated heterocycles. The average Bonchev–Trinajstić information content (AvgIpc) is 3.22. The van der Waals surface area contributed by atoms with E-state index in [1.807, 2.05) is 25.1 Å². The first kappa shape index (κ1) is 53.7. The van der Waals surface area contributed by atoms with Crippen molar-refractivity contribution in [2.45, 2.75) is 168 Å². The molecule has 61 heavy (non-hydrogen) atoms. The third-order valence-corrected chi connectivity index (χ3v) is 10.8. The maximum Gasteiger partial charge on any atom is 0.243 e. The monoisotopic (exact) mass is 857 g/mol. The van der Waals surface area contributed by atoms with Gasteiger partial charge in [0.2, 0.25) is 47.3 Å². The Balaban J connectivity index is 3.30. The zero-order valence-corrected chi connectivity index (χ0v) is 37.2. The first-order chi connectivity index (χ1) is 28.9. The summed E-state index contributed by atoms with van der Waals surface area (Å²) in [6.45, 7) is 12.6. The molecule has 0 bridgehead atoms. The molecule has 0 heterocycles. The van der Waals surface area contributed by atoms with Crippen molar-refractivity contribution in [3.63, 3.8) is 0 Å². The van der Waals surface area contributed by atoms with Crippen molar-refractivity contribution in [1.82, 2.24) is 31.9 Å². The third kappa shape index (κ3) is 20.7. The molecule has 0 radical (unpaired) electrons. The molecule has 0 aliphatic rings. The summed E-state index contributed by atoms with van der Waals surface area (Å²) in [6, 6.07) is 2.03. The van der Waals surface area contributed by atoms with Crippen molar-refractivity contribution < 1.29 is 43.2 Å². The summed E-state index contributed by atoms with van der Waals surface area (Å²) < 4.78 is 0. The minimum atomic E-state index is -1.39. The fraction of sp³-hybridized carbons (Fsp3) is 0.659. The van der Waals surface area contributed by atoms with Gasteiger partial charge in [0.25, 0.3) is 0 Å². The Morgan fingerprint density at radius 2 is 1.02 bits per heavy atom. The third-order valence-electron chi connectivity index (χ3n) is 10.8. The zero-order chi connectivity index (χ0) is 46.1. The van der Waals surface area contributed by atoms with Gasteiger partial charge < -0.3 is 48.2 Å². The molecule has 1 rings (SSSR count). The predicted octanol–water partition coefficient (Wildman–Crippen LogP) is 1.98. The highest BCUT2D eigenvalue weighted by atomic mass is 16.2. The Morgan fingerprint density at radius 3 is 1.46 bits per heavy atom. The summed E-state index contributed by atoms with van der Waals surface area (Å²) in [6.07, 6.45) is 5.60. The van der Waals surface area contributed by atoms with Gasteiger partial charge in [-0.3, -0.25) is 38.4 Å². The van der Waals surface area contributed by atoms with E-state index in [0.29, 0.717) is 25.5 Å². The van der Waals surface area contributed by atoms with E-state index in [0.717, 1.165) is 31.2 Å². The Morgan fingerprint density at radius 1 is 0.557 bits per heavy atom. The lowest BCUT2D eigenvalue weighted by molar-refractivity contribution is -0.136. The van der Waals surface area contributed by atoms with E-state index in [1.54, 1.807) is 46.8 Å². The van der Waals surface area contributed by atoms with Crippen LogP contribution in [0.3, 0.4) is 0 Å². The minimum Gasteiger partial charge on any atom is -0.370 e. The van der Waals surface area contributed by atoms with E-state index < -0.39 is 89.4 Å². The molecule has 17 nitrogen and oxygen atoms in total. The Hall–Kier alpha value is -5.35. The van der Waals surface area contributed by atoms with E-state index in [9.17, 15) is 43.2 Å². The van der Waals surface area contributed by atoms with Gasteiger partial charge in [-0.15, -0.1) is 0 Å². The molecule has 8 atom stereocenters. The molecule has 0 aliphatic heterocycles. The molecule has 10 N–H and O–H groups in total. The number of aldehydes is 1. The van der Waals surface area contributed by atoms with Crippen LogP contribution in [0.15, 0.2) is 30.3 Å². The van der Waals surface area contributed by atoms with Crippen LogP contribution in [0.5, 0.6) is 0 Å². The summed E-state index contributed by atoms with van der Waals surface area (Å²) in [5.74, 6) is -6.79. The predicted molar refractivity (Wildman–Crippen MR) is 232 cm³/mol. The van der Waals surface area contributed by atoms with Crippen LogP contribution in [0.25, 0.3) is 0 Å². The van der Waals surface area contributed by atoms with Crippen molar-refractivity contribution in [3.8, 4) is 0 Å². The van der Waals surface area contributed by atoms with Crippen molar-refractivity contribution in [1.29, 1.82) is 0 Å². The normalized spacial score (nSPS) is 15.0.